The molecule has 1 aromatic rings. The maximum atomic E-state index is 6.02. The number of hydrogen-bond acceptors (Lipinski definition) is 2. The molecule has 2 heterocycles. The average Bonchev–Trinajstić information content (AvgIpc) is 3.38. The van der Waals surface area contributed by atoms with Crippen LogP contribution in [0.3, 0.4) is 0 Å². The van der Waals surface area contributed by atoms with Gasteiger partial charge in [-0.2, -0.15) is 0 Å². The molecule has 37 heavy (non-hydrogen) atoms. The molecule has 0 unspecified atom stereocenters. The van der Waals surface area contributed by atoms with E-state index in [4.69, 9.17) is 9.47 Å². The van der Waals surface area contributed by atoms with Gasteiger partial charge >= 0.3 is 0 Å². The lowest BCUT2D eigenvalue weighted by atomic mass is 9.97. The molecule has 3 nitrogen and oxygen atoms in total. The van der Waals surface area contributed by atoms with Crippen molar-refractivity contribution in [2.24, 2.45) is 5.92 Å². The van der Waals surface area contributed by atoms with E-state index in [2.05, 4.69) is 42.1 Å². The second-order valence-electron chi connectivity index (χ2n) is 11.8. The zero-order valence-electron chi connectivity index (χ0n) is 24.7. The minimum atomic E-state index is 0.354. The van der Waals surface area contributed by atoms with Crippen LogP contribution >= 0.6 is 0 Å². The van der Waals surface area contributed by atoms with Gasteiger partial charge in [-0.3, -0.25) is 0 Å². The summed E-state index contributed by atoms with van der Waals surface area (Å²) >= 11 is 0. The van der Waals surface area contributed by atoms with Crippen LogP contribution in [-0.2, 0) is 16.0 Å². The van der Waals surface area contributed by atoms with Crippen molar-refractivity contribution >= 4 is 0 Å². The van der Waals surface area contributed by atoms with Crippen LogP contribution in [-0.4, -0.2) is 25.9 Å². The van der Waals surface area contributed by atoms with Crippen LogP contribution in [0.15, 0.2) is 30.6 Å². The minimum absolute atomic E-state index is 0.354. The van der Waals surface area contributed by atoms with Gasteiger partial charge in [-0.05, 0) is 31.6 Å². The largest absolute Gasteiger partial charge is 0.379 e. The summed E-state index contributed by atoms with van der Waals surface area (Å²) < 4.78 is 14.2. The first-order chi connectivity index (χ1) is 18.4. The molecule has 0 spiro atoms. The van der Waals surface area contributed by atoms with Crippen LogP contribution in [0.25, 0.3) is 0 Å². The third-order valence-corrected chi connectivity index (χ3v) is 8.17. The quantitative estimate of drug-likeness (QED) is 0.0903. The van der Waals surface area contributed by atoms with Crippen LogP contribution in [0, 0.1) is 5.92 Å². The number of ether oxygens (including phenoxy) is 2. The van der Waals surface area contributed by atoms with E-state index in [9.17, 15) is 0 Å². The van der Waals surface area contributed by atoms with Crippen LogP contribution in [0.2, 0.25) is 0 Å². The number of pyridine rings is 1. The van der Waals surface area contributed by atoms with E-state index >= 15 is 0 Å². The number of rotatable bonds is 26. The van der Waals surface area contributed by atoms with E-state index in [0.29, 0.717) is 6.10 Å². The van der Waals surface area contributed by atoms with Crippen molar-refractivity contribution in [3.63, 3.8) is 0 Å². The van der Waals surface area contributed by atoms with Crippen molar-refractivity contribution < 1.29 is 14.0 Å². The highest BCUT2D eigenvalue weighted by Crippen LogP contribution is 2.25. The van der Waals surface area contributed by atoms with Crippen molar-refractivity contribution in [1.29, 1.82) is 0 Å². The number of hydrogen-bond donors (Lipinski definition) is 0. The minimum Gasteiger partial charge on any atom is -0.379 e. The van der Waals surface area contributed by atoms with Gasteiger partial charge in [0.15, 0.2) is 12.4 Å². The molecule has 0 saturated carbocycles. The molecule has 0 aromatic carbocycles. The predicted octanol–water partition coefficient (Wildman–Crippen LogP) is 9.61. The van der Waals surface area contributed by atoms with E-state index in [-0.39, 0.29) is 0 Å². The molecule has 1 aliphatic heterocycles. The highest BCUT2D eigenvalue weighted by Gasteiger charge is 2.24. The maximum Gasteiger partial charge on any atom is 0.168 e. The Morgan fingerprint density at radius 1 is 0.649 bits per heavy atom. The number of nitrogens with zero attached hydrogens (tertiary/aromatic N) is 1. The molecule has 1 aromatic heterocycles. The second-order valence-corrected chi connectivity index (χ2v) is 11.8. The zero-order chi connectivity index (χ0) is 26.1. The maximum absolute atomic E-state index is 6.02. The molecule has 0 amide bonds. The lowest BCUT2D eigenvalue weighted by Crippen LogP contribution is -2.32. The van der Waals surface area contributed by atoms with E-state index < -0.39 is 0 Å². The lowest BCUT2D eigenvalue weighted by Gasteiger charge is -2.10. The van der Waals surface area contributed by atoms with E-state index in [0.717, 1.165) is 32.3 Å². The fraction of sp³-hybridized carbons (Fsp3) is 0.853. The fourth-order valence-electron chi connectivity index (χ4n) is 5.73. The fourth-order valence-corrected chi connectivity index (χ4v) is 5.73. The number of unbranched alkanes of at least 4 members (excludes halogenated alkanes) is 18. The molecule has 2 atom stereocenters. The Hall–Kier alpha value is -0.930. The predicted molar refractivity (Wildman–Crippen MR) is 158 cm³/mol. The van der Waals surface area contributed by atoms with Crippen LogP contribution in [0.4, 0.5) is 0 Å². The molecule has 1 fully saturated rings. The Balaban J connectivity index is 1.26. The Morgan fingerprint density at radius 2 is 1.19 bits per heavy atom. The Kier molecular flexibility index (Phi) is 21.1. The number of aryl methyl sites for hydroxylation is 1. The van der Waals surface area contributed by atoms with Gasteiger partial charge in [0.1, 0.15) is 6.54 Å². The molecule has 1 aliphatic rings. The summed E-state index contributed by atoms with van der Waals surface area (Å²) in [6.45, 7) is 6.13. The molecule has 0 bridgehead atoms. The highest BCUT2D eigenvalue weighted by atomic mass is 16.5. The van der Waals surface area contributed by atoms with Crippen LogP contribution < -0.4 is 4.57 Å². The summed E-state index contributed by atoms with van der Waals surface area (Å²) in [4.78, 5) is 0. The van der Waals surface area contributed by atoms with E-state index in [1.54, 1.807) is 0 Å². The Bertz CT molecular complexity index is 593. The molecule has 1 saturated heterocycles. The zero-order valence-corrected chi connectivity index (χ0v) is 24.7. The van der Waals surface area contributed by atoms with Crippen molar-refractivity contribution in [2.45, 2.75) is 161 Å². The topological polar surface area (TPSA) is 22.3 Å². The van der Waals surface area contributed by atoms with Gasteiger partial charge in [0.2, 0.25) is 0 Å². The first-order valence-electron chi connectivity index (χ1n) is 16.5. The van der Waals surface area contributed by atoms with Crippen molar-refractivity contribution in [2.75, 3.05) is 19.8 Å². The molecule has 214 valence electrons. The summed E-state index contributed by atoms with van der Waals surface area (Å²) in [5.74, 6) is 0.778. The molecule has 3 heteroatoms. The molecule has 0 N–H and O–H groups in total. The van der Waals surface area contributed by atoms with E-state index in [1.807, 2.05) is 0 Å². The monoisotopic (exact) mass is 516 g/mol. The third kappa shape index (κ3) is 18.9. The second kappa shape index (κ2) is 24.1. The molecular weight excluding hydrogens is 454 g/mol. The molecule has 2 rings (SSSR count). The van der Waals surface area contributed by atoms with Crippen molar-refractivity contribution in [3.8, 4) is 0 Å². The smallest absolute Gasteiger partial charge is 0.168 e. The Labute approximate surface area is 231 Å². The standard InChI is InChI=1S/C34H62NO2/c1-2-3-4-5-6-7-8-9-10-11-12-13-16-20-25-33-30-34(37-31-33)32-36-29-24-18-15-14-17-21-26-35-27-22-19-23-28-35/h19,22-23,27-28,33-34H,2-18,20-21,24-26,29-32H2,1H3/q+1/t33-,34+/m1/s1. The van der Waals surface area contributed by atoms with Gasteiger partial charge in [0, 0.05) is 31.8 Å². The van der Waals surface area contributed by atoms with Gasteiger partial charge < -0.3 is 9.47 Å². The summed E-state index contributed by atoms with van der Waals surface area (Å²) in [6.07, 6.45) is 35.2. The lowest BCUT2D eigenvalue weighted by molar-refractivity contribution is -0.697. The Morgan fingerprint density at radius 3 is 1.81 bits per heavy atom. The normalized spacial score (nSPS) is 17.5. The van der Waals surface area contributed by atoms with Gasteiger partial charge in [-0.1, -0.05) is 122 Å². The van der Waals surface area contributed by atoms with Crippen molar-refractivity contribution in [3.05, 3.63) is 30.6 Å². The van der Waals surface area contributed by atoms with Gasteiger partial charge in [-0.25, -0.2) is 4.57 Å². The summed E-state index contributed by atoms with van der Waals surface area (Å²) in [6, 6.07) is 6.30. The summed E-state index contributed by atoms with van der Waals surface area (Å²) in [7, 11) is 0. The number of aromatic nitrogens is 1. The molecule has 0 radical (unpaired) electrons. The highest BCUT2D eigenvalue weighted by molar-refractivity contribution is 4.83. The molecular formula is C34H62NO2+. The first kappa shape index (κ1) is 32.3. The SMILES string of the molecule is CCCCCCCCCCCCCCCC[C@H]1CO[C@H](COCCCCCCCC[n+]2ccccc2)C1. The van der Waals surface area contributed by atoms with Gasteiger partial charge in [0.05, 0.1) is 12.7 Å². The van der Waals surface area contributed by atoms with Crippen molar-refractivity contribution in [1.82, 2.24) is 0 Å². The third-order valence-electron chi connectivity index (χ3n) is 8.17. The summed E-state index contributed by atoms with van der Waals surface area (Å²) in [5.41, 5.74) is 0. The first-order valence-corrected chi connectivity index (χ1v) is 16.5. The van der Waals surface area contributed by atoms with Gasteiger partial charge in [0.25, 0.3) is 0 Å². The van der Waals surface area contributed by atoms with Crippen LogP contribution in [0.5, 0.6) is 0 Å². The van der Waals surface area contributed by atoms with Gasteiger partial charge in [-0.15, -0.1) is 0 Å². The summed E-state index contributed by atoms with van der Waals surface area (Å²) in [5, 5.41) is 0. The molecule has 0 aliphatic carbocycles. The van der Waals surface area contributed by atoms with Crippen LogP contribution in [0.1, 0.15) is 148 Å². The average molecular weight is 517 g/mol. The van der Waals surface area contributed by atoms with E-state index in [1.165, 1.54) is 141 Å².